The number of aliphatic carboxylic acids is 1. The summed E-state index contributed by atoms with van der Waals surface area (Å²) in [5.41, 5.74) is 2.36. The van der Waals surface area contributed by atoms with Crippen LogP contribution in [0.5, 0.6) is 5.75 Å². The fourth-order valence-electron chi connectivity index (χ4n) is 3.13. The van der Waals surface area contributed by atoms with Crippen LogP contribution < -0.4 is 4.74 Å². The summed E-state index contributed by atoms with van der Waals surface area (Å²) in [5.74, 6) is -0.334. The predicted octanol–water partition coefficient (Wildman–Crippen LogP) is 6.31. The maximum absolute atomic E-state index is 10.7. The summed E-state index contributed by atoms with van der Waals surface area (Å²) < 4.78 is 7.77. The Kier molecular flexibility index (Phi) is 10.6. The van der Waals surface area contributed by atoms with Crippen molar-refractivity contribution in [1.82, 2.24) is 4.31 Å². The molecule has 30 heavy (non-hydrogen) atoms. The molecule has 164 valence electrons. The Labute approximate surface area is 189 Å². The molecule has 1 atom stereocenters. The number of benzene rings is 2. The van der Waals surface area contributed by atoms with Crippen LogP contribution in [-0.2, 0) is 11.2 Å². The van der Waals surface area contributed by atoms with Gasteiger partial charge in [0.1, 0.15) is 5.75 Å². The van der Waals surface area contributed by atoms with E-state index in [0.29, 0.717) is 11.0 Å². The number of nitrogens with zero attached hydrogens (tertiary/aromatic N) is 1. The van der Waals surface area contributed by atoms with E-state index in [1.54, 1.807) is 0 Å². The number of ether oxygens (including phenoxy) is 1. The minimum absolute atomic E-state index is 0.313. The molecule has 0 amide bonds. The monoisotopic (exact) mass is 447 g/mol. The molecule has 2 rings (SSSR count). The first-order chi connectivity index (χ1) is 14.4. The molecule has 2 aromatic rings. The Morgan fingerprint density at radius 3 is 2.40 bits per heavy atom. The molecule has 0 aliphatic rings. The van der Waals surface area contributed by atoms with E-state index in [1.165, 1.54) is 21.8 Å². The molecular formula is C24H33NO3S2. The summed E-state index contributed by atoms with van der Waals surface area (Å²) in [4.78, 5) is 13.2. The van der Waals surface area contributed by atoms with Gasteiger partial charge in [-0.15, -0.1) is 11.8 Å². The topological polar surface area (TPSA) is 49.8 Å². The van der Waals surface area contributed by atoms with Gasteiger partial charge in [-0.05, 0) is 73.2 Å². The third kappa shape index (κ3) is 8.62. The second-order valence-corrected chi connectivity index (χ2v) is 10.1. The number of thioether (sulfide) groups is 1. The standard InChI is InChI=1S/C24H33NO3S2/c1-5-7-20-8-10-21(11-9-20)30-25(14-6-2)16-19(4)29-22-12-13-23(18(3)15-22)28-17-24(26)27/h8-13,15,19H,5-7,14,16-17H2,1-4H3,(H,26,27)/t19-/m1/s1. The average molecular weight is 448 g/mol. The smallest absolute Gasteiger partial charge is 0.341 e. The number of carbonyl (C=O) groups is 1. The Bertz CT molecular complexity index is 796. The van der Waals surface area contributed by atoms with Crippen LogP contribution in [0.1, 0.15) is 44.7 Å². The molecule has 0 bridgehead atoms. The lowest BCUT2D eigenvalue weighted by atomic mass is 10.1. The van der Waals surface area contributed by atoms with Gasteiger partial charge in [-0.1, -0.05) is 39.3 Å². The maximum Gasteiger partial charge on any atom is 0.341 e. The second kappa shape index (κ2) is 12.9. The first-order valence-electron chi connectivity index (χ1n) is 10.5. The predicted molar refractivity (Wildman–Crippen MR) is 128 cm³/mol. The lowest BCUT2D eigenvalue weighted by molar-refractivity contribution is -0.139. The van der Waals surface area contributed by atoms with Crippen molar-refractivity contribution >= 4 is 29.7 Å². The van der Waals surface area contributed by atoms with Gasteiger partial charge in [0.15, 0.2) is 6.61 Å². The molecule has 0 fully saturated rings. The molecule has 0 unspecified atom stereocenters. The van der Waals surface area contributed by atoms with Gasteiger partial charge in [0.2, 0.25) is 0 Å². The summed E-state index contributed by atoms with van der Waals surface area (Å²) in [7, 11) is 0. The SMILES string of the molecule is CCCc1ccc(SN(CCC)C[C@@H](C)Sc2ccc(OCC(=O)O)c(C)c2)cc1. The zero-order valence-electron chi connectivity index (χ0n) is 18.4. The molecule has 0 aliphatic heterocycles. The summed E-state index contributed by atoms with van der Waals surface area (Å²) in [6.07, 6.45) is 3.43. The highest BCUT2D eigenvalue weighted by molar-refractivity contribution is 8.00. The van der Waals surface area contributed by atoms with Crippen LogP contribution in [0.4, 0.5) is 0 Å². The largest absolute Gasteiger partial charge is 0.482 e. The maximum atomic E-state index is 10.7. The quantitative estimate of drug-likeness (QED) is 0.287. The van der Waals surface area contributed by atoms with Gasteiger partial charge in [0.05, 0.1) is 0 Å². The molecule has 0 saturated carbocycles. The van der Waals surface area contributed by atoms with Gasteiger partial charge in [-0.3, -0.25) is 0 Å². The summed E-state index contributed by atoms with van der Waals surface area (Å²) >= 11 is 3.68. The third-order valence-corrected chi connectivity index (χ3v) is 6.62. The first-order valence-corrected chi connectivity index (χ1v) is 12.2. The van der Waals surface area contributed by atoms with Crippen LogP contribution in [0, 0.1) is 6.92 Å². The number of carboxylic acids is 1. The van der Waals surface area contributed by atoms with Crippen LogP contribution in [0.25, 0.3) is 0 Å². The average Bonchev–Trinajstić information content (AvgIpc) is 2.69. The Hall–Kier alpha value is -1.63. The Morgan fingerprint density at radius 2 is 1.80 bits per heavy atom. The van der Waals surface area contributed by atoms with Crippen LogP contribution >= 0.6 is 23.7 Å². The highest BCUT2D eigenvalue weighted by atomic mass is 32.2. The molecule has 2 aromatic carbocycles. The van der Waals surface area contributed by atoms with E-state index in [9.17, 15) is 4.79 Å². The number of aryl methyl sites for hydroxylation is 2. The molecule has 0 spiro atoms. The van der Waals surface area contributed by atoms with Gasteiger partial charge in [0.25, 0.3) is 0 Å². The Morgan fingerprint density at radius 1 is 1.10 bits per heavy atom. The number of hydrogen-bond acceptors (Lipinski definition) is 5. The van der Waals surface area contributed by atoms with Crippen LogP contribution in [0.2, 0.25) is 0 Å². The molecule has 0 heterocycles. The van der Waals surface area contributed by atoms with Crippen molar-refractivity contribution < 1.29 is 14.6 Å². The van der Waals surface area contributed by atoms with E-state index in [4.69, 9.17) is 9.84 Å². The van der Waals surface area contributed by atoms with Crippen molar-refractivity contribution in [2.24, 2.45) is 0 Å². The minimum atomic E-state index is -0.963. The molecule has 1 N–H and O–H groups in total. The van der Waals surface area contributed by atoms with Crippen molar-refractivity contribution in [2.75, 3.05) is 19.7 Å². The minimum Gasteiger partial charge on any atom is -0.482 e. The van der Waals surface area contributed by atoms with E-state index in [0.717, 1.165) is 31.5 Å². The highest BCUT2D eigenvalue weighted by Crippen LogP contribution is 2.31. The van der Waals surface area contributed by atoms with Gasteiger partial charge in [-0.2, -0.15) is 0 Å². The molecular weight excluding hydrogens is 414 g/mol. The first kappa shape index (κ1) is 24.6. The summed E-state index contributed by atoms with van der Waals surface area (Å²) in [5, 5.41) is 9.20. The fourth-order valence-corrected chi connectivity index (χ4v) is 5.46. The van der Waals surface area contributed by atoms with Crippen molar-refractivity contribution in [3.05, 3.63) is 53.6 Å². The molecule has 0 aromatic heterocycles. The lowest BCUT2D eigenvalue weighted by Crippen LogP contribution is -2.24. The van der Waals surface area contributed by atoms with Crippen molar-refractivity contribution in [1.29, 1.82) is 0 Å². The van der Waals surface area contributed by atoms with E-state index in [2.05, 4.69) is 55.4 Å². The third-order valence-electron chi connectivity index (χ3n) is 4.47. The van der Waals surface area contributed by atoms with Gasteiger partial charge in [-0.25, -0.2) is 9.10 Å². The van der Waals surface area contributed by atoms with Crippen LogP contribution in [0.3, 0.4) is 0 Å². The van der Waals surface area contributed by atoms with E-state index < -0.39 is 5.97 Å². The molecule has 0 aliphatic carbocycles. The summed E-state index contributed by atoms with van der Waals surface area (Å²) in [6.45, 7) is 10.4. The summed E-state index contributed by atoms with van der Waals surface area (Å²) in [6, 6.07) is 14.9. The Balaban J connectivity index is 1.93. The molecule has 4 nitrogen and oxygen atoms in total. The van der Waals surface area contributed by atoms with Gasteiger partial charge >= 0.3 is 5.97 Å². The second-order valence-electron chi connectivity index (χ2n) is 7.41. The fraction of sp³-hybridized carbons (Fsp3) is 0.458. The lowest BCUT2D eigenvalue weighted by Gasteiger charge is -2.24. The highest BCUT2D eigenvalue weighted by Gasteiger charge is 2.14. The van der Waals surface area contributed by atoms with Crippen molar-refractivity contribution in [3.8, 4) is 5.75 Å². The number of carboxylic acid groups (broad SMARTS) is 1. The van der Waals surface area contributed by atoms with Crippen molar-refractivity contribution in [2.45, 2.75) is 62.0 Å². The zero-order valence-corrected chi connectivity index (χ0v) is 20.0. The van der Waals surface area contributed by atoms with Crippen LogP contribution in [-0.4, -0.2) is 40.3 Å². The molecule has 0 saturated heterocycles. The number of rotatable bonds is 13. The van der Waals surface area contributed by atoms with E-state index in [1.807, 2.05) is 42.8 Å². The van der Waals surface area contributed by atoms with E-state index >= 15 is 0 Å². The van der Waals surface area contributed by atoms with Gasteiger partial charge < -0.3 is 9.84 Å². The van der Waals surface area contributed by atoms with Crippen LogP contribution in [0.15, 0.2) is 52.3 Å². The molecule has 0 radical (unpaired) electrons. The number of hydrogen-bond donors (Lipinski definition) is 1. The van der Waals surface area contributed by atoms with Crippen molar-refractivity contribution in [3.63, 3.8) is 0 Å². The molecule has 6 heteroatoms. The normalized spacial score (nSPS) is 12.2. The van der Waals surface area contributed by atoms with Gasteiger partial charge in [0, 0.05) is 28.1 Å². The van der Waals surface area contributed by atoms with E-state index in [-0.39, 0.29) is 6.61 Å². The zero-order chi connectivity index (χ0) is 21.9.